The molecule has 2 aromatic rings. The molecule has 0 fully saturated rings. The van der Waals surface area contributed by atoms with Gasteiger partial charge in [0.1, 0.15) is 5.60 Å². The molecule has 0 aliphatic carbocycles. The van der Waals surface area contributed by atoms with Gasteiger partial charge < -0.3 is 10.1 Å². The molecule has 0 saturated heterocycles. The number of rotatable bonds is 6. The SMILES string of the molecule is CCOC(C)(C)C(=O)Nc1cnn(Cc2ccccc2)c1. The Kier molecular flexibility index (Phi) is 4.75. The molecule has 1 aromatic heterocycles. The van der Waals surface area contributed by atoms with E-state index in [1.165, 1.54) is 0 Å². The molecule has 1 heterocycles. The Morgan fingerprint density at radius 1 is 1.33 bits per heavy atom. The molecule has 0 spiro atoms. The van der Waals surface area contributed by atoms with Gasteiger partial charge in [-0.25, -0.2) is 0 Å². The van der Waals surface area contributed by atoms with Crippen LogP contribution < -0.4 is 5.32 Å². The van der Waals surface area contributed by atoms with E-state index in [0.29, 0.717) is 18.8 Å². The average Bonchev–Trinajstić information content (AvgIpc) is 2.87. The monoisotopic (exact) mass is 287 g/mol. The summed E-state index contributed by atoms with van der Waals surface area (Å²) in [5, 5.41) is 7.08. The zero-order chi connectivity index (χ0) is 15.3. The van der Waals surface area contributed by atoms with Crippen LogP contribution in [0.2, 0.25) is 0 Å². The highest BCUT2D eigenvalue weighted by Crippen LogP contribution is 2.14. The van der Waals surface area contributed by atoms with E-state index in [2.05, 4.69) is 10.4 Å². The van der Waals surface area contributed by atoms with Crippen LogP contribution in [-0.2, 0) is 16.1 Å². The Hall–Kier alpha value is -2.14. The second-order valence-corrected chi connectivity index (χ2v) is 5.31. The van der Waals surface area contributed by atoms with Gasteiger partial charge in [-0.3, -0.25) is 9.48 Å². The standard InChI is InChI=1S/C16H21N3O2/c1-4-21-16(2,3)15(20)18-14-10-17-19(12-14)11-13-8-6-5-7-9-13/h5-10,12H,4,11H2,1-3H3,(H,18,20). The summed E-state index contributed by atoms with van der Waals surface area (Å²) in [5.41, 5.74) is 0.979. The Bertz CT molecular complexity index is 591. The van der Waals surface area contributed by atoms with E-state index in [1.807, 2.05) is 43.5 Å². The number of carbonyl (C=O) groups excluding carboxylic acids is 1. The van der Waals surface area contributed by atoms with Crippen LogP contribution in [0.4, 0.5) is 5.69 Å². The van der Waals surface area contributed by atoms with Crippen LogP contribution in [0.25, 0.3) is 0 Å². The molecule has 0 bridgehead atoms. The van der Waals surface area contributed by atoms with Gasteiger partial charge in [-0.1, -0.05) is 30.3 Å². The number of hydrogen-bond acceptors (Lipinski definition) is 3. The average molecular weight is 287 g/mol. The molecular weight excluding hydrogens is 266 g/mol. The van der Waals surface area contributed by atoms with Crippen molar-refractivity contribution in [3.63, 3.8) is 0 Å². The molecule has 0 aliphatic rings. The first-order valence-electron chi connectivity index (χ1n) is 7.03. The molecular formula is C16H21N3O2. The van der Waals surface area contributed by atoms with E-state index in [9.17, 15) is 4.79 Å². The number of nitrogens with zero attached hydrogens (tertiary/aromatic N) is 2. The van der Waals surface area contributed by atoms with Gasteiger partial charge in [0.2, 0.25) is 0 Å². The van der Waals surface area contributed by atoms with Gasteiger partial charge in [-0.15, -0.1) is 0 Å². The molecule has 0 atom stereocenters. The lowest BCUT2D eigenvalue weighted by Gasteiger charge is -2.22. The van der Waals surface area contributed by atoms with Gasteiger partial charge in [-0.05, 0) is 26.3 Å². The fourth-order valence-corrected chi connectivity index (χ4v) is 1.99. The van der Waals surface area contributed by atoms with E-state index < -0.39 is 5.60 Å². The first-order chi connectivity index (χ1) is 10.0. The summed E-state index contributed by atoms with van der Waals surface area (Å²) in [6.45, 7) is 6.53. The number of aromatic nitrogens is 2. The summed E-state index contributed by atoms with van der Waals surface area (Å²) in [6.07, 6.45) is 3.45. The summed E-state index contributed by atoms with van der Waals surface area (Å²) in [4.78, 5) is 12.1. The predicted molar refractivity (Wildman–Crippen MR) is 82.1 cm³/mol. The number of ether oxygens (including phenoxy) is 1. The fraction of sp³-hybridized carbons (Fsp3) is 0.375. The number of anilines is 1. The molecule has 112 valence electrons. The Morgan fingerprint density at radius 3 is 2.71 bits per heavy atom. The van der Waals surface area contributed by atoms with Crippen LogP contribution in [0, 0.1) is 0 Å². The van der Waals surface area contributed by atoms with Gasteiger partial charge in [0.05, 0.1) is 18.4 Å². The third-order valence-electron chi connectivity index (χ3n) is 3.13. The molecule has 5 nitrogen and oxygen atoms in total. The van der Waals surface area contributed by atoms with E-state index in [0.717, 1.165) is 5.56 Å². The summed E-state index contributed by atoms with van der Waals surface area (Å²) < 4.78 is 7.22. The Labute approximate surface area is 124 Å². The van der Waals surface area contributed by atoms with Gasteiger partial charge in [0, 0.05) is 12.8 Å². The van der Waals surface area contributed by atoms with E-state index >= 15 is 0 Å². The van der Waals surface area contributed by atoms with Crippen LogP contribution in [0.1, 0.15) is 26.3 Å². The van der Waals surface area contributed by atoms with Crippen molar-refractivity contribution in [2.24, 2.45) is 0 Å². The molecule has 2 rings (SSSR count). The molecule has 1 N–H and O–H groups in total. The maximum atomic E-state index is 12.1. The van der Waals surface area contributed by atoms with E-state index in [4.69, 9.17) is 4.74 Å². The molecule has 0 radical (unpaired) electrons. The highest BCUT2D eigenvalue weighted by molar-refractivity contribution is 5.96. The minimum absolute atomic E-state index is 0.177. The molecule has 1 amide bonds. The lowest BCUT2D eigenvalue weighted by Crippen LogP contribution is -2.39. The van der Waals surface area contributed by atoms with Crippen molar-refractivity contribution in [3.05, 3.63) is 48.3 Å². The lowest BCUT2D eigenvalue weighted by molar-refractivity contribution is -0.136. The van der Waals surface area contributed by atoms with E-state index in [1.54, 1.807) is 24.7 Å². The molecule has 5 heteroatoms. The van der Waals surface area contributed by atoms with Gasteiger partial charge in [-0.2, -0.15) is 5.10 Å². The third kappa shape index (κ3) is 4.16. The number of amides is 1. The highest BCUT2D eigenvalue weighted by Gasteiger charge is 2.28. The minimum atomic E-state index is -0.851. The van der Waals surface area contributed by atoms with Gasteiger partial charge >= 0.3 is 0 Å². The van der Waals surface area contributed by atoms with E-state index in [-0.39, 0.29) is 5.91 Å². The van der Waals surface area contributed by atoms with Crippen LogP contribution in [0.3, 0.4) is 0 Å². The van der Waals surface area contributed by atoms with Crippen molar-refractivity contribution < 1.29 is 9.53 Å². The first kappa shape index (κ1) is 15.3. The zero-order valence-electron chi connectivity index (χ0n) is 12.7. The van der Waals surface area contributed by atoms with Crippen molar-refractivity contribution in [2.45, 2.75) is 32.9 Å². The maximum absolute atomic E-state index is 12.1. The number of carbonyl (C=O) groups is 1. The number of benzene rings is 1. The smallest absolute Gasteiger partial charge is 0.256 e. The maximum Gasteiger partial charge on any atom is 0.256 e. The van der Waals surface area contributed by atoms with Crippen LogP contribution >= 0.6 is 0 Å². The Balaban J connectivity index is 1.99. The van der Waals surface area contributed by atoms with Crippen LogP contribution in [0.15, 0.2) is 42.7 Å². The fourth-order valence-electron chi connectivity index (χ4n) is 1.99. The molecule has 0 unspecified atom stereocenters. The van der Waals surface area contributed by atoms with Gasteiger partial charge in [0.15, 0.2) is 0 Å². The second kappa shape index (κ2) is 6.54. The summed E-state index contributed by atoms with van der Waals surface area (Å²) >= 11 is 0. The topological polar surface area (TPSA) is 56.1 Å². The molecule has 1 aromatic carbocycles. The zero-order valence-corrected chi connectivity index (χ0v) is 12.7. The van der Waals surface area contributed by atoms with Crippen molar-refractivity contribution in [1.29, 1.82) is 0 Å². The van der Waals surface area contributed by atoms with Crippen molar-refractivity contribution in [3.8, 4) is 0 Å². The normalized spacial score (nSPS) is 11.4. The molecule has 0 saturated carbocycles. The molecule has 0 aliphatic heterocycles. The lowest BCUT2D eigenvalue weighted by atomic mass is 10.1. The summed E-state index contributed by atoms with van der Waals surface area (Å²) in [6, 6.07) is 10.0. The highest BCUT2D eigenvalue weighted by atomic mass is 16.5. The first-order valence-corrected chi connectivity index (χ1v) is 7.03. The quantitative estimate of drug-likeness (QED) is 0.888. The van der Waals surface area contributed by atoms with Crippen LogP contribution in [-0.4, -0.2) is 27.9 Å². The van der Waals surface area contributed by atoms with Crippen molar-refractivity contribution in [1.82, 2.24) is 9.78 Å². The number of nitrogens with one attached hydrogen (secondary N) is 1. The van der Waals surface area contributed by atoms with Gasteiger partial charge in [0.25, 0.3) is 5.91 Å². The summed E-state index contributed by atoms with van der Waals surface area (Å²) in [7, 11) is 0. The number of hydrogen-bond donors (Lipinski definition) is 1. The third-order valence-corrected chi connectivity index (χ3v) is 3.13. The van der Waals surface area contributed by atoms with Crippen LogP contribution in [0.5, 0.6) is 0 Å². The minimum Gasteiger partial charge on any atom is -0.366 e. The summed E-state index contributed by atoms with van der Waals surface area (Å²) in [5.74, 6) is -0.177. The van der Waals surface area contributed by atoms with Crippen molar-refractivity contribution in [2.75, 3.05) is 11.9 Å². The predicted octanol–water partition coefficient (Wildman–Crippen LogP) is 2.69. The molecule has 21 heavy (non-hydrogen) atoms. The second-order valence-electron chi connectivity index (χ2n) is 5.31. The Morgan fingerprint density at radius 2 is 2.05 bits per heavy atom. The largest absolute Gasteiger partial charge is 0.366 e. The van der Waals surface area contributed by atoms with Crippen molar-refractivity contribution >= 4 is 11.6 Å².